The van der Waals surface area contributed by atoms with E-state index in [9.17, 15) is 14.0 Å². The molecule has 1 saturated heterocycles. The minimum absolute atomic E-state index is 0.0603. The molecule has 2 heterocycles. The van der Waals surface area contributed by atoms with Gasteiger partial charge >= 0.3 is 0 Å². The topological polar surface area (TPSA) is 78.9 Å². The third kappa shape index (κ3) is 6.15. The van der Waals surface area contributed by atoms with E-state index in [1.807, 2.05) is 30.0 Å². The van der Waals surface area contributed by atoms with Crippen LogP contribution in [0.1, 0.15) is 37.2 Å². The Balaban J connectivity index is 1.69. The highest BCUT2D eigenvalue weighted by Crippen LogP contribution is 2.26. The van der Waals surface area contributed by atoms with Crippen molar-refractivity contribution in [2.75, 3.05) is 45.7 Å². The van der Waals surface area contributed by atoms with Gasteiger partial charge in [0.2, 0.25) is 5.91 Å². The molecule has 8 nitrogen and oxygen atoms in total. The number of amides is 2. The van der Waals surface area contributed by atoms with Crippen molar-refractivity contribution in [2.45, 2.75) is 32.2 Å². The number of carbonyl (C=O) groups is 2. The fraction of sp³-hybridized carbons (Fsp3) is 0.478. The van der Waals surface area contributed by atoms with E-state index < -0.39 is 0 Å². The lowest BCUT2D eigenvalue weighted by Gasteiger charge is -2.31. The molecule has 2 amide bonds. The van der Waals surface area contributed by atoms with Gasteiger partial charge in [-0.3, -0.25) is 9.59 Å². The van der Waals surface area contributed by atoms with E-state index >= 15 is 0 Å². The maximum atomic E-state index is 13.0. The van der Waals surface area contributed by atoms with Gasteiger partial charge in [0.25, 0.3) is 5.91 Å². The Bertz CT molecular complexity index is 951. The highest BCUT2D eigenvalue weighted by molar-refractivity contribution is 5.77. The first kappa shape index (κ1) is 23.4. The summed E-state index contributed by atoms with van der Waals surface area (Å²) in [6.45, 7) is 3.09. The Hall–Kier alpha value is -3.23. The zero-order chi connectivity index (χ0) is 23.3. The SMILES string of the molecule is CC(=O)N1CCCC(c2nc(CN(C)C(=O)COc3ccc(F)cc3)cc(N(C)C)n2)C1. The number of nitrogens with zero attached hydrogens (tertiary/aromatic N) is 5. The monoisotopic (exact) mass is 443 g/mol. The van der Waals surface area contributed by atoms with Gasteiger partial charge < -0.3 is 19.4 Å². The van der Waals surface area contributed by atoms with Crippen LogP contribution in [0.5, 0.6) is 5.75 Å². The molecule has 172 valence electrons. The van der Waals surface area contributed by atoms with Crippen LogP contribution in [0.4, 0.5) is 10.2 Å². The minimum Gasteiger partial charge on any atom is -0.484 e. The van der Waals surface area contributed by atoms with Crippen LogP contribution in [0.3, 0.4) is 0 Å². The average Bonchev–Trinajstić information content (AvgIpc) is 2.78. The van der Waals surface area contributed by atoms with Crippen molar-refractivity contribution in [2.24, 2.45) is 0 Å². The van der Waals surface area contributed by atoms with Gasteiger partial charge in [0.05, 0.1) is 12.2 Å². The average molecular weight is 444 g/mol. The summed E-state index contributed by atoms with van der Waals surface area (Å²) in [4.78, 5) is 39.1. The second kappa shape index (κ2) is 10.4. The fourth-order valence-corrected chi connectivity index (χ4v) is 3.59. The Morgan fingerprint density at radius 2 is 1.91 bits per heavy atom. The van der Waals surface area contributed by atoms with Gasteiger partial charge in [-0.1, -0.05) is 0 Å². The van der Waals surface area contributed by atoms with Gasteiger partial charge in [-0.15, -0.1) is 0 Å². The third-order valence-electron chi connectivity index (χ3n) is 5.47. The van der Waals surface area contributed by atoms with E-state index in [1.54, 1.807) is 14.0 Å². The highest BCUT2D eigenvalue weighted by Gasteiger charge is 2.26. The van der Waals surface area contributed by atoms with E-state index in [0.717, 1.165) is 30.9 Å². The van der Waals surface area contributed by atoms with Crippen LogP contribution < -0.4 is 9.64 Å². The zero-order valence-electron chi connectivity index (χ0n) is 19.0. The molecule has 0 N–H and O–H groups in total. The van der Waals surface area contributed by atoms with Gasteiger partial charge in [0, 0.05) is 53.1 Å². The smallest absolute Gasteiger partial charge is 0.260 e. The van der Waals surface area contributed by atoms with E-state index in [0.29, 0.717) is 24.7 Å². The summed E-state index contributed by atoms with van der Waals surface area (Å²) in [5.74, 6) is 1.43. The van der Waals surface area contributed by atoms with Crippen molar-refractivity contribution in [3.05, 3.63) is 47.7 Å². The number of likely N-dealkylation sites (N-methyl/N-ethyl adjacent to an activating group) is 1. The molecule has 1 atom stereocenters. The lowest BCUT2D eigenvalue weighted by atomic mass is 9.97. The van der Waals surface area contributed by atoms with Crippen molar-refractivity contribution in [1.29, 1.82) is 0 Å². The van der Waals surface area contributed by atoms with Crippen LogP contribution in [-0.2, 0) is 16.1 Å². The van der Waals surface area contributed by atoms with E-state index in [2.05, 4.69) is 0 Å². The summed E-state index contributed by atoms with van der Waals surface area (Å²) in [5.41, 5.74) is 0.719. The Kier molecular flexibility index (Phi) is 7.61. The predicted octanol–water partition coefficient (Wildman–Crippen LogP) is 2.45. The molecule has 9 heteroatoms. The highest BCUT2D eigenvalue weighted by atomic mass is 19.1. The Labute approximate surface area is 188 Å². The van der Waals surface area contributed by atoms with Gasteiger partial charge in [-0.2, -0.15) is 0 Å². The van der Waals surface area contributed by atoms with Gasteiger partial charge in [-0.05, 0) is 37.1 Å². The molecule has 1 aromatic heterocycles. The van der Waals surface area contributed by atoms with Crippen LogP contribution in [0.15, 0.2) is 30.3 Å². The second-order valence-electron chi connectivity index (χ2n) is 8.27. The van der Waals surface area contributed by atoms with Crippen molar-refractivity contribution in [1.82, 2.24) is 19.8 Å². The number of carbonyl (C=O) groups excluding carboxylic acids is 2. The third-order valence-corrected chi connectivity index (χ3v) is 5.47. The van der Waals surface area contributed by atoms with Crippen molar-refractivity contribution in [3.8, 4) is 5.75 Å². The molecule has 3 rings (SSSR count). The normalized spacial score (nSPS) is 15.9. The minimum atomic E-state index is -0.360. The molecule has 0 aliphatic carbocycles. The van der Waals surface area contributed by atoms with Crippen LogP contribution >= 0.6 is 0 Å². The summed E-state index contributed by atoms with van der Waals surface area (Å²) in [7, 11) is 5.50. The lowest BCUT2D eigenvalue weighted by molar-refractivity contribution is -0.132. The van der Waals surface area contributed by atoms with Crippen LogP contribution in [0.2, 0.25) is 0 Å². The molecule has 32 heavy (non-hydrogen) atoms. The van der Waals surface area contributed by atoms with Crippen molar-refractivity contribution in [3.63, 3.8) is 0 Å². The molecule has 1 unspecified atom stereocenters. The molecule has 0 radical (unpaired) electrons. The molecule has 1 fully saturated rings. The summed E-state index contributed by atoms with van der Waals surface area (Å²) in [6.07, 6.45) is 1.83. The first-order valence-electron chi connectivity index (χ1n) is 10.7. The first-order valence-corrected chi connectivity index (χ1v) is 10.7. The van der Waals surface area contributed by atoms with Gasteiger partial charge in [0.15, 0.2) is 6.61 Å². The predicted molar refractivity (Wildman–Crippen MR) is 119 cm³/mol. The number of halogens is 1. The van der Waals surface area contributed by atoms with E-state index in [1.165, 1.54) is 29.2 Å². The number of piperidine rings is 1. The number of ether oxygens (including phenoxy) is 1. The Morgan fingerprint density at radius 1 is 1.19 bits per heavy atom. The molecule has 1 aliphatic rings. The summed E-state index contributed by atoms with van der Waals surface area (Å²) < 4.78 is 18.5. The van der Waals surface area contributed by atoms with Gasteiger partial charge in [-0.25, -0.2) is 14.4 Å². The molecule has 2 aromatic rings. The van der Waals surface area contributed by atoms with Crippen molar-refractivity contribution >= 4 is 17.6 Å². The van der Waals surface area contributed by atoms with Crippen LogP contribution in [0, 0.1) is 5.82 Å². The molecule has 0 spiro atoms. The summed E-state index contributed by atoms with van der Waals surface area (Å²) in [5, 5.41) is 0. The fourth-order valence-electron chi connectivity index (χ4n) is 3.59. The molecule has 1 aliphatic heterocycles. The Morgan fingerprint density at radius 3 is 2.56 bits per heavy atom. The lowest BCUT2D eigenvalue weighted by Crippen LogP contribution is -2.38. The maximum Gasteiger partial charge on any atom is 0.260 e. The number of anilines is 1. The summed E-state index contributed by atoms with van der Waals surface area (Å²) >= 11 is 0. The van der Waals surface area contributed by atoms with E-state index in [-0.39, 0.29) is 30.2 Å². The number of likely N-dealkylation sites (tertiary alicyclic amines) is 1. The largest absolute Gasteiger partial charge is 0.484 e. The number of benzene rings is 1. The molecule has 0 saturated carbocycles. The zero-order valence-corrected chi connectivity index (χ0v) is 19.0. The number of rotatable bonds is 7. The standard InChI is InChI=1S/C23H30FN5O3/c1-16(30)29-11-5-6-17(13-29)23-25-19(12-21(26-23)27(2)3)14-28(4)22(31)15-32-20-9-7-18(24)8-10-20/h7-10,12,17H,5-6,11,13-15H2,1-4H3. The van der Waals surface area contributed by atoms with Crippen molar-refractivity contribution < 1.29 is 18.7 Å². The summed E-state index contributed by atoms with van der Waals surface area (Å²) in [6, 6.07) is 7.40. The van der Waals surface area contributed by atoms with Crippen LogP contribution in [-0.4, -0.2) is 72.4 Å². The van der Waals surface area contributed by atoms with Gasteiger partial charge in [0.1, 0.15) is 23.2 Å². The molecular weight excluding hydrogens is 413 g/mol. The quantitative estimate of drug-likeness (QED) is 0.654. The number of aromatic nitrogens is 2. The maximum absolute atomic E-state index is 13.0. The first-order chi connectivity index (χ1) is 15.2. The molecule has 1 aromatic carbocycles. The molecule has 0 bridgehead atoms. The number of hydrogen-bond donors (Lipinski definition) is 0. The second-order valence-corrected chi connectivity index (χ2v) is 8.27. The van der Waals surface area contributed by atoms with E-state index in [4.69, 9.17) is 14.7 Å². The van der Waals surface area contributed by atoms with Crippen LogP contribution in [0.25, 0.3) is 0 Å². The molecular formula is C23H30FN5O3. The number of hydrogen-bond acceptors (Lipinski definition) is 6.